The van der Waals surface area contributed by atoms with E-state index in [1.807, 2.05) is 18.2 Å². The van der Waals surface area contributed by atoms with Crippen molar-refractivity contribution in [1.82, 2.24) is 0 Å². The van der Waals surface area contributed by atoms with Gasteiger partial charge in [0, 0.05) is 23.8 Å². The topological polar surface area (TPSA) is 203 Å². The minimum Gasteiger partial charge on any atom is -0.481 e. The molecule has 0 aliphatic heterocycles. The molecular weight excluding hydrogens is 709 g/mol. The Morgan fingerprint density at radius 3 is 2.19 bits per heavy atom. The summed E-state index contributed by atoms with van der Waals surface area (Å²) in [6.45, 7) is 5.40. The van der Waals surface area contributed by atoms with Crippen molar-refractivity contribution in [2.75, 3.05) is 19.0 Å². The number of ether oxygens (including phenoxy) is 2. The summed E-state index contributed by atoms with van der Waals surface area (Å²) in [5, 5.41) is 19.3. The predicted octanol–water partition coefficient (Wildman–Crippen LogP) is 7.57. The first kappa shape index (κ1) is 49.8. The van der Waals surface area contributed by atoms with E-state index in [-0.39, 0.29) is 31.4 Å². The van der Waals surface area contributed by atoms with Crippen molar-refractivity contribution in [3.63, 3.8) is 0 Å². The van der Waals surface area contributed by atoms with E-state index in [0.717, 1.165) is 38.5 Å². The molecule has 14 heteroatoms. The van der Waals surface area contributed by atoms with Crippen LogP contribution < -0.4 is 5.73 Å². The lowest BCUT2D eigenvalue weighted by Gasteiger charge is -2.23. The van der Waals surface area contributed by atoms with Crippen molar-refractivity contribution in [1.29, 1.82) is 0 Å². The number of aliphatic hydroxyl groups excluding tert-OH is 1. The first-order valence-electron chi connectivity index (χ1n) is 18.7. The Morgan fingerprint density at radius 2 is 1.52 bits per heavy atom. The van der Waals surface area contributed by atoms with E-state index in [2.05, 4.69) is 37.4 Å². The average Bonchev–Trinajstić information content (AvgIpc) is 3.07. The quantitative estimate of drug-likeness (QED) is 0.0144. The van der Waals surface area contributed by atoms with Crippen molar-refractivity contribution in [2.45, 2.75) is 147 Å². The fourth-order valence-corrected chi connectivity index (χ4v) is 6.29. The fraction of sp³-hybridized carbons (Fsp3) is 0.711. The lowest BCUT2D eigenvalue weighted by atomic mass is 10.0. The molecule has 0 amide bonds. The Morgan fingerprint density at radius 1 is 0.827 bits per heavy atom. The number of unbranched alkanes of at least 4 members (excludes halogenated alkanes) is 8. The van der Waals surface area contributed by atoms with Gasteiger partial charge in [-0.2, -0.15) is 0 Å². The average molecular weight is 776 g/mol. The molecule has 0 bridgehead atoms. The predicted molar refractivity (Wildman–Crippen MR) is 208 cm³/mol. The SMILES string of the molecule is CCCCC/C=C\C\C=C/C=C/C=C/[C@@H](SC[C@H](N)C(=O)O[C@H](COC(=O)CCCCCCCCC(C)C)COP(=O)(O)O)[C@@H](O)CCCC(=O)O. The molecule has 0 radical (unpaired) electrons. The molecule has 0 spiro atoms. The highest BCUT2D eigenvalue weighted by Gasteiger charge is 2.27. The smallest absolute Gasteiger partial charge is 0.469 e. The molecule has 0 aromatic carbocycles. The number of hydrogen-bond donors (Lipinski definition) is 5. The Bertz CT molecular complexity index is 1120. The number of phosphoric ester groups is 1. The summed E-state index contributed by atoms with van der Waals surface area (Å²) >= 11 is 1.18. The van der Waals surface area contributed by atoms with Crippen molar-refractivity contribution < 1.29 is 52.9 Å². The Kier molecular flexibility index (Phi) is 30.8. The van der Waals surface area contributed by atoms with E-state index in [9.17, 15) is 24.1 Å². The monoisotopic (exact) mass is 775 g/mol. The molecule has 52 heavy (non-hydrogen) atoms. The summed E-state index contributed by atoms with van der Waals surface area (Å²) in [4.78, 5) is 54.4. The number of aliphatic carboxylic acids is 1. The van der Waals surface area contributed by atoms with Crippen molar-refractivity contribution in [3.8, 4) is 0 Å². The van der Waals surface area contributed by atoms with Crippen LogP contribution in [-0.4, -0.2) is 80.4 Å². The first-order valence-corrected chi connectivity index (χ1v) is 21.3. The molecule has 0 saturated carbocycles. The lowest BCUT2D eigenvalue weighted by molar-refractivity contribution is -0.161. The number of rotatable bonds is 33. The van der Waals surface area contributed by atoms with Crippen molar-refractivity contribution in [3.05, 3.63) is 48.6 Å². The number of nitrogens with two attached hydrogens (primary N) is 1. The molecule has 0 aliphatic carbocycles. The van der Waals surface area contributed by atoms with Crippen LogP contribution in [0.1, 0.15) is 124 Å². The van der Waals surface area contributed by atoms with E-state index < -0.39 is 62.4 Å². The van der Waals surface area contributed by atoms with Gasteiger partial charge in [0.15, 0.2) is 6.10 Å². The van der Waals surface area contributed by atoms with E-state index in [1.54, 1.807) is 18.2 Å². The molecule has 0 unspecified atom stereocenters. The Labute approximate surface area is 315 Å². The van der Waals surface area contributed by atoms with E-state index in [1.165, 1.54) is 43.9 Å². The first-order chi connectivity index (χ1) is 24.7. The van der Waals surface area contributed by atoms with Crippen LogP contribution >= 0.6 is 19.6 Å². The number of carbonyl (C=O) groups excluding carboxylic acids is 2. The second-order valence-electron chi connectivity index (χ2n) is 13.2. The van der Waals surface area contributed by atoms with Crippen LogP contribution in [0.2, 0.25) is 0 Å². The van der Waals surface area contributed by atoms with Gasteiger partial charge < -0.3 is 35.2 Å². The van der Waals surface area contributed by atoms with Crippen molar-refractivity contribution >= 4 is 37.5 Å². The van der Waals surface area contributed by atoms with Gasteiger partial charge in [-0.25, -0.2) is 4.57 Å². The number of carboxylic acid groups (broad SMARTS) is 1. The van der Waals surface area contributed by atoms with Gasteiger partial charge in [-0.1, -0.05) is 121 Å². The molecule has 300 valence electrons. The highest BCUT2D eigenvalue weighted by Crippen LogP contribution is 2.36. The molecule has 0 fully saturated rings. The van der Waals surface area contributed by atoms with Gasteiger partial charge in [0.2, 0.25) is 0 Å². The summed E-state index contributed by atoms with van der Waals surface area (Å²) < 4.78 is 26.4. The van der Waals surface area contributed by atoms with Gasteiger partial charge in [-0.3, -0.25) is 18.9 Å². The van der Waals surface area contributed by atoms with Gasteiger partial charge in [0.05, 0.1) is 12.7 Å². The Hall–Kier alpha value is -2.25. The summed E-state index contributed by atoms with van der Waals surface area (Å²) in [5.41, 5.74) is 6.09. The van der Waals surface area contributed by atoms with Crippen LogP contribution in [0.25, 0.3) is 0 Å². The van der Waals surface area contributed by atoms with Gasteiger partial charge in [0.1, 0.15) is 12.6 Å². The standard InChI is InChI=1S/C38H66NO11PS/c1-4-5-6-7-8-9-10-11-12-13-17-20-25-35(34(40)24-22-26-36(41)42)52-30-33(39)38(44)50-32(29-49-51(45,46)47)28-48-37(43)27-21-18-15-14-16-19-23-31(2)3/h8-9,11-13,17,20,25,31-35,40H,4-7,10,14-16,18-19,21-24,26-30,39H2,1-3H3,(H,41,42)(H2,45,46,47)/b9-8-,12-11-,17-13+,25-20+/t32-,33+,34+,35-/m1/s1. The molecule has 0 aromatic heterocycles. The van der Waals surface area contributed by atoms with E-state index >= 15 is 0 Å². The largest absolute Gasteiger partial charge is 0.481 e. The van der Waals surface area contributed by atoms with Crippen molar-refractivity contribution in [2.24, 2.45) is 11.7 Å². The van der Waals surface area contributed by atoms with Gasteiger partial charge in [0.25, 0.3) is 0 Å². The zero-order valence-corrected chi connectivity index (χ0v) is 33.2. The summed E-state index contributed by atoms with van der Waals surface area (Å²) in [6.07, 6.45) is 26.4. The molecule has 0 saturated heterocycles. The molecule has 4 atom stereocenters. The maximum absolute atomic E-state index is 12.9. The fourth-order valence-electron chi connectivity index (χ4n) is 4.80. The van der Waals surface area contributed by atoms with E-state index in [0.29, 0.717) is 12.3 Å². The molecule has 0 heterocycles. The lowest BCUT2D eigenvalue weighted by Crippen LogP contribution is -2.40. The number of carbonyl (C=O) groups is 3. The third-order valence-corrected chi connectivity index (χ3v) is 9.67. The number of phosphoric acid groups is 1. The third-order valence-electron chi connectivity index (χ3n) is 7.78. The molecular formula is C38H66NO11PS. The number of allylic oxidation sites excluding steroid dienone is 7. The maximum atomic E-state index is 12.9. The van der Waals surface area contributed by atoms with Crippen LogP contribution in [0.4, 0.5) is 0 Å². The third kappa shape index (κ3) is 32.4. The molecule has 6 N–H and O–H groups in total. The van der Waals surface area contributed by atoms with E-state index in [4.69, 9.17) is 30.1 Å². The second kappa shape index (κ2) is 32.2. The van der Waals surface area contributed by atoms with Crippen LogP contribution in [0.15, 0.2) is 48.6 Å². The second-order valence-corrected chi connectivity index (χ2v) is 15.7. The Balaban J connectivity index is 5.08. The van der Waals surface area contributed by atoms with Crippen LogP contribution in [0, 0.1) is 5.92 Å². The zero-order chi connectivity index (χ0) is 39.0. The highest BCUT2D eigenvalue weighted by atomic mass is 32.2. The minimum atomic E-state index is -4.91. The van der Waals surface area contributed by atoms with Gasteiger partial charge >= 0.3 is 25.7 Å². The van der Waals surface area contributed by atoms with Crippen LogP contribution in [-0.2, 0) is 32.9 Å². The molecule has 0 aromatic rings. The molecule has 0 rings (SSSR count). The minimum absolute atomic E-state index is 0.00136. The summed E-state index contributed by atoms with van der Waals surface area (Å²) in [5.74, 6) is -1.70. The van der Waals surface area contributed by atoms with Crippen LogP contribution in [0.3, 0.4) is 0 Å². The number of esters is 2. The number of thioether (sulfide) groups is 1. The normalized spacial score (nSPS) is 14.8. The summed E-state index contributed by atoms with van der Waals surface area (Å²) in [7, 11) is -4.91. The molecule has 0 aliphatic rings. The highest BCUT2D eigenvalue weighted by molar-refractivity contribution is 8.00. The zero-order valence-electron chi connectivity index (χ0n) is 31.5. The number of carboxylic acids is 1. The number of hydrogen-bond acceptors (Lipinski definition) is 10. The maximum Gasteiger partial charge on any atom is 0.469 e. The van der Waals surface area contributed by atoms with Gasteiger partial charge in [-0.05, 0) is 44.4 Å². The van der Waals surface area contributed by atoms with Crippen LogP contribution in [0.5, 0.6) is 0 Å². The molecule has 12 nitrogen and oxygen atoms in total. The van der Waals surface area contributed by atoms with Gasteiger partial charge in [-0.15, -0.1) is 11.8 Å². The number of aliphatic hydroxyl groups is 1. The summed E-state index contributed by atoms with van der Waals surface area (Å²) in [6, 6.07) is -1.20.